The van der Waals surface area contributed by atoms with Crippen molar-refractivity contribution in [2.75, 3.05) is 13.2 Å². The standard InChI is InChI=1S/C18H25NOS/c1-4-18(2,3)15-7-9-16(10-8-15)20-12-11-19-14-17-6-5-13-21-17/h5-10,13,19H,4,11-12,14H2,1-3H3. The lowest BCUT2D eigenvalue weighted by molar-refractivity contribution is 0.313. The third-order valence-electron chi connectivity index (χ3n) is 3.95. The van der Waals surface area contributed by atoms with Crippen LogP contribution in [0.2, 0.25) is 0 Å². The van der Waals surface area contributed by atoms with Gasteiger partial charge in [-0.3, -0.25) is 0 Å². The first-order chi connectivity index (χ1) is 10.1. The first-order valence-corrected chi connectivity index (χ1v) is 8.46. The van der Waals surface area contributed by atoms with Gasteiger partial charge in [0, 0.05) is 18.0 Å². The lowest BCUT2D eigenvalue weighted by Crippen LogP contribution is -2.20. The number of ether oxygens (including phenoxy) is 1. The Balaban J connectivity index is 1.71. The first-order valence-electron chi connectivity index (χ1n) is 7.58. The van der Waals surface area contributed by atoms with Crippen LogP contribution in [0, 0.1) is 0 Å². The van der Waals surface area contributed by atoms with Gasteiger partial charge in [0.05, 0.1) is 0 Å². The molecule has 0 spiro atoms. The molecule has 0 saturated carbocycles. The number of hydrogen-bond donors (Lipinski definition) is 1. The molecule has 0 unspecified atom stereocenters. The van der Waals surface area contributed by atoms with Gasteiger partial charge in [-0.05, 0) is 41.0 Å². The van der Waals surface area contributed by atoms with Gasteiger partial charge in [-0.1, -0.05) is 39.0 Å². The molecule has 0 radical (unpaired) electrons. The summed E-state index contributed by atoms with van der Waals surface area (Å²) in [5.41, 5.74) is 1.61. The van der Waals surface area contributed by atoms with Crippen LogP contribution in [0.5, 0.6) is 5.75 Å². The average Bonchev–Trinajstić information content (AvgIpc) is 3.01. The van der Waals surface area contributed by atoms with E-state index in [0.29, 0.717) is 6.61 Å². The van der Waals surface area contributed by atoms with Crippen LogP contribution >= 0.6 is 11.3 Å². The van der Waals surface area contributed by atoms with Crippen molar-refractivity contribution in [2.24, 2.45) is 0 Å². The zero-order valence-electron chi connectivity index (χ0n) is 13.2. The van der Waals surface area contributed by atoms with Crippen LogP contribution in [-0.4, -0.2) is 13.2 Å². The number of rotatable bonds is 8. The molecule has 2 rings (SSSR count). The van der Waals surface area contributed by atoms with E-state index in [1.165, 1.54) is 10.4 Å². The maximum atomic E-state index is 5.77. The number of thiophene rings is 1. The van der Waals surface area contributed by atoms with Crippen LogP contribution in [0.15, 0.2) is 41.8 Å². The fourth-order valence-electron chi connectivity index (χ4n) is 2.07. The molecule has 1 N–H and O–H groups in total. The van der Waals surface area contributed by atoms with Crippen molar-refractivity contribution in [3.8, 4) is 5.75 Å². The molecule has 0 amide bonds. The quantitative estimate of drug-likeness (QED) is 0.719. The lowest BCUT2D eigenvalue weighted by Gasteiger charge is -2.23. The van der Waals surface area contributed by atoms with Crippen LogP contribution in [0.4, 0.5) is 0 Å². The largest absolute Gasteiger partial charge is 0.492 e. The van der Waals surface area contributed by atoms with Crippen LogP contribution in [0.25, 0.3) is 0 Å². The lowest BCUT2D eigenvalue weighted by atomic mass is 9.82. The predicted molar refractivity (Wildman–Crippen MR) is 91.3 cm³/mol. The zero-order chi connectivity index (χ0) is 15.1. The molecule has 0 aliphatic heterocycles. The van der Waals surface area contributed by atoms with Crippen LogP contribution in [-0.2, 0) is 12.0 Å². The second-order valence-corrected chi connectivity index (χ2v) is 6.90. The maximum absolute atomic E-state index is 5.77. The Morgan fingerprint density at radius 2 is 1.90 bits per heavy atom. The average molecular weight is 303 g/mol. The molecule has 1 aromatic heterocycles. The van der Waals surface area contributed by atoms with Gasteiger partial charge in [-0.25, -0.2) is 0 Å². The molecule has 3 heteroatoms. The summed E-state index contributed by atoms with van der Waals surface area (Å²) in [6, 6.07) is 12.7. The molecule has 0 atom stereocenters. The van der Waals surface area contributed by atoms with Crippen molar-refractivity contribution >= 4 is 11.3 Å². The maximum Gasteiger partial charge on any atom is 0.119 e. The van der Waals surface area contributed by atoms with Crippen molar-refractivity contribution in [3.05, 3.63) is 52.2 Å². The number of benzene rings is 1. The van der Waals surface area contributed by atoms with E-state index in [9.17, 15) is 0 Å². The summed E-state index contributed by atoms with van der Waals surface area (Å²) >= 11 is 1.78. The van der Waals surface area contributed by atoms with E-state index in [0.717, 1.165) is 25.3 Å². The Bertz CT molecular complexity index is 517. The molecule has 0 saturated heterocycles. The highest BCUT2D eigenvalue weighted by Crippen LogP contribution is 2.27. The Labute approximate surface area is 132 Å². The Hall–Kier alpha value is -1.32. The van der Waals surface area contributed by atoms with Gasteiger partial charge in [0.1, 0.15) is 12.4 Å². The highest BCUT2D eigenvalue weighted by Gasteiger charge is 2.17. The van der Waals surface area contributed by atoms with Crippen molar-refractivity contribution in [3.63, 3.8) is 0 Å². The topological polar surface area (TPSA) is 21.3 Å². The highest BCUT2D eigenvalue weighted by molar-refractivity contribution is 7.09. The second kappa shape index (κ2) is 7.62. The van der Waals surface area contributed by atoms with E-state index in [-0.39, 0.29) is 5.41 Å². The molecular formula is C18H25NOS. The molecule has 21 heavy (non-hydrogen) atoms. The fourth-order valence-corrected chi connectivity index (χ4v) is 2.75. The molecular weight excluding hydrogens is 278 g/mol. The molecule has 0 aliphatic carbocycles. The van der Waals surface area contributed by atoms with E-state index in [1.807, 2.05) is 0 Å². The van der Waals surface area contributed by atoms with Gasteiger partial charge in [0.15, 0.2) is 0 Å². The Morgan fingerprint density at radius 1 is 1.14 bits per heavy atom. The smallest absolute Gasteiger partial charge is 0.119 e. The summed E-state index contributed by atoms with van der Waals surface area (Å²) in [4.78, 5) is 1.36. The predicted octanol–water partition coefficient (Wildman–Crippen LogP) is 4.60. The summed E-state index contributed by atoms with van der Waals surface area (Å²) < 4.78 is 5.77. The SMILES string of the molecule is CCC(C)(C)c1ccc(OCCNCc2cccs2)cc1. The molecule has 2 aromatic rings. The minimum absolute atomic E-state index is 0.237. The monoisotopic (exact) mass is 303 g/mol. The van der Waals surface area contributed by atoms with E-state index < -0.39 is 0 Å². The summed E-state index contributed by atoms with van der Waals surface area (Å²) in [6.07, 6.45) is 1.14. The molecule has 1 heterocycles. The van der Waals surface area contributed by atoms with Crippen molar-refractivity contribution < 1.29 is 4.74 Å². The van der Waals surface area contributed by atoms with Gasteiger partial charge >= 0.3 is 0 Å². The Morgan fingerprint density at radius 3 is 2.52 bits per heavy atom. The van der Waals surface area contributed by atoms with Crippen molar-refractivity contribution in [1.29, 1.82) is 0 Å². The van der Waals surface area contributed by atoms with Gasteiger partial charge < -0.3 is 10.1 Å². The molecule has 0 aliphatic rings. The summed E-state index contributed by atoms with van der Waals surface area (Å²) in [5, 5.41) is 5.49. The van der Waals surface area contributed by atoms with Gasteiger partial charge in [-0.2, -0.15) is 0 Å². The highest BCUT2D eigenvalue weighted by atomic mass is 32.1. The minimum Gasteiger partial charge on any atom is -0.492 e. The van der Waals surface area contributed by atoms with E-state index in [4.69, 9.17) is 4.74 Å². The second-order valence-electron chi connectivity index (χ2n) is 5.87. The van der Waals surface area contributed by atoms with Crippen LogP contribution in [0.3, 0.4) is 0 Å². The summed E-state index contributed by atoms with van der Waals surface area (Å²) in [6.45, 7) is 9.26. The molecule has 1 aromatic carbocycles. The molecule has 0 bridgehead atoms. The Kier molecular flexibility index (Phi) is 5.83. The van der Waals surface area contributed by atoms with Gasteiger partial charge in [0.2, 0.25) is 0 Å². The van der Waals surface area contributed by atoms with Gasteiger partial charge in [0.25, 0.3) is 0 Å². The minimum atomic E-state index is 0.237. The number of hydrogen-bond acceptors (Lipinski definition) is 3. The van der Waals surface area contributed by atoms with Crippen LogP contribution < -0.4 is 10.1 Å². The van der Waals surface area contributed by atoms with E-state index >= 15 is 0 Å². The molecule has 0 fully saturated rings. The van der Waals surface area contributed by atoms with Gasteiger partial charge in [-0.15, -0.1) is 11.3 Å². The zero-order valence-corrected chi connectivity index (χ0v) is 14.0. The van der Waals surface area contributed by atoms with Crippen molar-refractivity contribution in [1.82, 2.24) is 5.32 Å². The van der Waals surface area contributed by atoms with Crippen LogP contribution in [0.1, 0.15) is 37.6 Å². The van der Waals surface area contributed by atoms with E-state index in [2.05, 4.69) is 67.9 Å². The summed E-state index contributed by atoms with van der Waals surface area (Å²) in [7, 11) is 0. The third kappa shape index (κ3) is 4.87. The van der Waals surface area contributed by atoms with Crippen molar-refractivity contribution in [2.45, 2.75) is 39.2 Å². The fraction of sp³-hybridized carbons (Fsp3) is 0.444. The first kappa shape index (κ1) is 16.1. The summed E-state index contributed by atoms with van der Waals surface area (Å²) in [5.74, 6) is 0.948. The third-order valence-corrected chi connectivity index (χ3v) is 4.82. The van der Waals surface area contributed by atoms with E-state index in [1.54, 1.807) is 11.3 Å². The molecule has 114 valence electrons. The number of nitrogens with one attached hydrogen (secondary N) is 1. The normalized spacial score (nSPS) is 11.6. The molecule has 2 nitrogen and oxygen atoms in total.